The molecule has 0 fully saturated rings. The number of hydrogen-bond donors (Lipinski definition) is 0. The number of halogens is 2. The summed E-state index contributed by atoms with van der Waals surface area (Å²) in [4.78, 5) is 4.22. The van der Waals surface area contributed by atoms with Crippen molar-refractivity contribution in [1.82, 2.24) is 19.3 Å². The van der Waals surface area contributed by atoms with Crippen LogP contribution in [0.2, 0.25) is 10.0 Å². The van der Waals surface area contributed by atoms with Gasteiger partial charge in [0, 0.05) is 29.5 Å². The Balaban J connectivity index is 1.93. The highest BCUT2D eigenvalue weighted by molar-refractivity contribution is 7.98. The number of unbranched alkanes of at least 4 members (excludes halogenated alkanes) is 5. The maximum Gasteiger partial charge on any atom is 0.119 e. The van der Waals surface area contributed by atoms with Gasteiger partial charge in [0.15, 0.2) is 0 Å². The first-order valence-electron chi connectivity index (χ1n) is 9.74. The monoisotopic (exact) mass is 436 g/mol. The van der Waals surface area contributed by atoms with Crippen LogP contribution in [0, 0.1) is 0 Å². The van der Waals surface area contributed by atoms with E-state index in [4.69, 9.17) is 28.3 Å². The van der Waals surface area contributed by atoms with Gasteiger partial charge in [-0.15, -0.1) is 11.8 Å². The van der Waals surface area contributed by atoms with Gasteiger partial charge in [-0.05, 0) is 30.9 Å². The molecule has 0 atom stereocenters. The SMILES string of the molecule is CCCCCCCCn1nc(-c2ccc(Cl)cc2Cl)c(-n2ccnc2)c1SC. The normalized spacial score (nSPS) is 11.3. The van der Waals surface area contributed by atoms with Crippen molar-refractivity contribution in [3.05, 3.63) is 47.0 Å². The van der Waals surface area contributed by atoms with Crippen LogP contribution in [0.5, 0.6) is 0 Å². The molecular formula is C21H26Cl2N4S. The van der Waals surface area contributed by atoms with E-state index < -0.39 is 0 Å². The molecule has 0 N–H and O–H groups in total. The van der Waals surface area contributed by atoms with Gasteiger partial charge in [-0.25, -0.2) is 4.98 Å². The van der Waals surface area contributed by atoms with E-state index in [2.05, 4.69) is 22.8 Å². The summed E-state index contributed by atoms with van der Waals surface area (Å²) in [6, 6.07) is 5.56. The van der Waals surface area contributed by atoms with Crippen LogP contribution in [-0.2, 0) is 6.54 Å². The molecule has 3 aromatic rings. The zero-order chi connectivity index (χ0) is 19.9. The van der Waals surface area contributed by atoms with E-state index in [0.29, 0.717) is 10.0 Å². The summed E-state index contributed by atoms with van der Waals surface area (Å²) in [5.74, 6) is 0. The van der Waals surface area contributed by atoms with Gasteiger partial charge < -0.3 is 4.57 Å². The molecule has 0 spiro atoms. The minimum absolute atomic E-state index is 0.603. The Labute approximate surface area is 181 Å². The lowest BCUT2D eigenvalue weighted by Crippen LogP contribution is -2.02. The fourth-order valence-electron chi connectivity index (χ4n) is 3.32. The maximum atomic E-state index is 6.51. The Bertz CT molecular complexity index is 890. The molecule has 1 aromatic carbocycles. The first-order valence-corrected chi connectivity index (χ1v) is 11.7. The Hall–Kier alpha value is -1.43. The minimum atomic E-state index is 0.603. The van der Waals surface area contributed by atoms with Crippen molar-refractivity contribution in [3.8, 4) is 16.9 Å². The molecule has 0 unspecified atom stereocenters. The Morgan fingerprint density at radius 2 is 1.86 bits per heavy atom. The zero-order valence-corrected chi connectivity index (χ0v) is 18.7. The molecule has 150 valence electrons. The lowest BCUT2D eigenvalue weighted by Gasteiger charge is -2.08. The summed E-state index contributed by atoms with van der Waals surface area (Å²) < 4.78 is 4.12. The quantitative estimate of drug-likeness (QED) is 0.250. The Morgan fingerprint density at radius 3 is 2.54 bits per heavy atom. The van der Waals surface area contributed by atoms with Crippen LogP contribution in [0.1, 0.15) is 45.4 Å². The van der Waals surface area contributed by atoms with Crippen molar-refractivity contribution in [2.75, 3.05) is 6.26 Å². The van der Waals surface area contributed by atoms with Gasteiger partial charge in [-0.3, -0.25) is 4.68 Å². The first kappa shape index (κ1) is 21.3. The minimum Gasteiger partial charge on any atom is -0.302 e. The fraction of sp³-hybridized carbons (Fsp3) is 0.429. The van der Waals surface area contributed by atoms with Crippen LogP contribution in [0.3, 0.4) is 0 Å². The third kappa shape index (κ3) is 4.94. The van der Waals surface area contributed by atoms with Gasteiger partial charge in [0.1, 0.15) is 16.4 Å². The molecule has 2 aromatic heterocycles. The third-order valence-electron chi connectivity index (χ3n) is 4.75. The number of thioether (sulfide) groups is 1. The lowest BCUT2D eigenvalue weighted by atomic mass is 10.1. The van der Waals surface area contributed by atoms with E-state index in [9.17, 15) is 0 Å². The van der Waals surface area contributed by atoms with Gasteiger partial charge in [0.25, 0.3) is 0 Å². The number of imidazole rings is 1. The summed E-state index contributed by atoms with van der Waals surface area (Å²) in [7, 11) is 0. The number of aromatic nitrogens is 4. The fourth-order valence-corrected chi connectivity index (χ4v) is 4.56. The standard InChI is InChI=1S/C21H26Cl2N4S/c1-3-4-5-6-7-8-12-27-21(28-2)20(26-13-11-24-15-26)19(25-27)17-10-9-16(22)14-18(17)23/h9-11,13-15H,3-8,12H2,1-2H3. The third-order valence-corrected chi connectivity index (χ3v) is 6.09. The highest BCUT2D eigenvalue weighted by Gasteiger charge is 2.22. The molecule has 0 saturated carbocycles. The van der Waals surface area contributed by atoms with E-state index in [-0.39, 0.29) is 0 Å². The summed E-state index contributed by atoms with van der Waals surface area (Å²) in [5.41, 5.74) is 2.75. The van der Waals surface area contributed by atoms with Crippen LogP contribution in [-0.4, -0.2) is 25.6 Å². The van der Waals surface area contributed by atoms with Gasteiger partial charge >= 0.3 is 0 Å². The van der Waals surface area contributed by atoms with Crippen molar-refractivity contribution < 1.29 is 0 Å². The van der Waals surface area contributed by atoms with Crippen LogP contribution < -0.4 is 0 Å². The van der Waals surface area contributed by atoms with Crippen molar-refractivity contribution >= 4 is 35.0 Å². The number of rotatable bonds is 10. The second-order valence-electron chi connectivity index (χ2n) is 6.79. The van der Waals surface area contributed by atoms with E-state index >= 15 is 0 Å². The number of aryl methyl sites for hydroxylation is 1. The van der Waals surface area contributed by atoms with Crippen molar-refractivity contribution in [1.29, 1.82) is 0 Å². The van der Waals surface area contributed by atoms with E-state index in [1.165, 1.54) is 32.1 Å². The predicted molar refractivity (Wildman–Crippen MR) is 120 cm³/mol. The van der Waals surface area contributed by atoms with Crippen molar-refractivity contribution in [2.24, 2.45) is 0 Å². The van der Waals surface area contributed by atoms with Crippen LogP contribution >= 0.6 is 35.0 Å². The summed E-state index contributed by atoms with van der Waals surface area (Å²) in [6.07, 6.45) is 15.2. The smallest absolute Gasteiger partial charge is 0.119 e. The highest BCUT2D eigenvalue weighted by Crippen LogP contribution is 2.38. The second-order valence-corrected chi connectivity index (χ2v) is 8.43. The van der Waals surface area contributed by atoms with E-state index in [1.54, 1.807) is 30.4 Å². The topological polar surface area (TPSA) is 35.6 Å². The van der Waals surface area contributed by atoms with E-state index in [0.717, 1.165) is 34.9 Å². The summed E-state index contributed by atoms with van der Waals surface area (Å²) in [5, 5.41) is 7.29. The highest BCUT2D eigenvalue weighted by atomic mass is 35.5. The zero-order valence-electron chi connectivity index (χ0n) is 16.4. The average Bonchev–Trinajstić information content (AvgIpc) is 3.32. The Morgan fingerprint density at radius 1 is 1.07 bits per heavy atom. The van der Waals surface area contributed by atoms with Crippen molar-refractivity contribution in [2.45, 2.75) is 57.0 Å². The number of nitrogens with zero attached hydrogens (tertiary/aromatic N) is 4. The lowest BCUT2D eigenvalue weighted by molar-refractivity contribution is 0.503. The van der Waals surface area contributed by atoms with Crippen LogP contribution in [0.25, 0.3) is 16.9 Å². The maximum absolute atomic E-state index is 6.51. The number of hydrogen-bond acceptors (Lipinski definition) is 3. The second kappa shape index (κ2) is 10.4. The molecule has 7 heteroatoms. The summed E-state index contributed by atoms with van der Waals surface area (Å²) in [6.45, 7) is 3.14. The molecule has 0 aliphatic heterocycles. The van der Waals surface area contributed by atoms with Crippen molar-refractivity contribution in [3.63, 3.8) is 0 Å². The van der Waals surface area contributed by atoms with Crippen LogP contribution in [0.4, 0.5) is 0 Å². The molecule has 0 aliphatic rings. The van der Waals surface area contributed by atoms with Gasteiger partial charge in [-0.1, -0.05) is 62.2 Å². The molecule has 28 heavy (non-hydrogen) atoms. The number of benzene rings is 1. The summed E-state index contributed by atoms with van der Waals surface area (Å²) >= 11 is 14.3. The molecule has 0 radical (unpaired) electrons. The van der Waals surface area contributed by atoms with Gasteiger partial charge in [0.05, 0.1) is 11.3 Å². The molecule has 0 bridgehead atoms. The predicted octanol–water partition coefficient (Wildman–Crippen LogP) is 7.13. The Kier molecular flexibility index (Phi) is 7.89. The molecule has 0 amide bonds. The first-order chi connectivity index (χ1) is 13.7. The van der Waals surface area contributed by atoms with Crippen LogP contribution in [0.15, 0.2) is 41.9 Å². The average molecular weight is 437 g/mol. The molecule has 4 nitrogen and oxygen atoms in total. The van der Waals surface area contributed by atoms with E-state index in [1.807, 2.05) is 22.9 Å². The largest absolute Gasteiger partial charge is 0.302 e. The molecule has 2 heterocycles. The van der Waals surface area contributed by atoms with Gasteiger partial charge in [0.2, 0.25) is 0 Å². The molecule has 3 rings (SSSR count). The van der Waals surface area contributed by atoms with Gasteiger partial charge in [-0.2, -0.15) is 5.10 Å². The molecule has 0 saturated heterocycles. The molecular weight excluding hydrogens is 411 g/mol. The molecule has 0 aliphatic carbocycles.